The Hall–Kier alpha value is -1.55. The molecule has 4 nitrogen and oxygen atoms in total. The number of ether oxygens (including phenoxy) is 1. The number of aromatic hydroxyl groups is 1. The van der Waals surface area contributed by atoms with Crippen molar-refractivity contribution in [1.82, 2.24) is 0 Å². The molecule has 0 heterocycles. The summed E-state index contributed by atoms with van der Waals surface area (Å²) in [6.07, 6.45) is -0.110. The number of aliphatic hydroxyl groups excluding tert-OH is 1. The maximum Gasteiger partial charge on any atom is 0.341 e. The van der Waals surface area contributed by atoms with Crippen molar-refractivity contribution in [2.75, 3.05) is 6.61 Å². The second-order valence-corrected chi connectivity index (χ2v) is 3.29. The van der Waals surface area contributed by atoms with Crippen LogP contribution in [0.4, 0.5) is 0 Å². The van der Waals surface area contributed by atoms with Gasteiger partial charge in [-0.3, -0.25) is 0 Å². The van der Waals surface area contributed by atoms with E-state index in [-0.39, 0.29) is 17.9 Å². The highest BCUT2D eigenvalue weighted by Crippen LogP contribution is 2.16. The molecule has 15 heavy (non-hydrogen) atoms. The van der Waals surface area contributed by atoms with Crippen LogP contribution in [0.5, 0.6) is 5.75 Å². The molecule has 0 aliphatic carbocycles. The Kier molecular flexibility index (Phi) is 4.12. The van der Waals surface area contributed by atoms with E-state index < -0.39 is 12.1 Å². The van der Waals surface area contributed by atoms with Gasteiger partial charge in [-0.2, -0.15) is 0 Å². The van der Waals surface area contributed by atoms with Gasteiger partial charge in [0.1, 0.15) is 11.3 Å². The van der Waals surface area contributed by atoms with Gasteiger partial charge in [-0.15, -0.1) is 0 Å². The normalized spacial score (nSPS) is 12.1. The largest absolute Gasteiger partial charge is 0.507 e. The molecule has 1 unspecified atom stereocenters. The van der Waals surface area contributed by atoms with Crippen LogP contribution >= 0.6 is 0 Å². The number of aliphatic hydroxyl groups is 1. The van der Waals surface area contributed by atoms with Crippen LogP contribution in [0.25, 0.3) is 0 Å². The minimum Gasteiger partial charge on any atom is -0.507 e. The molecular formula is C11H14O4. The number of phenolic OH excluding ortho intramolecular Hbond substituents is 1. The van der Waals surface area contributed by atoms with E-state index in [2.05, 4.69) is 0 Å². The first kappa shape index (κ1) is 11.5. The van der Waals surface area contributed by atoms with E-state index in [1.54, 1.807) is 19.1 Å². The molecule has 0 bridgehead atoms. The van der Waals surface area contributed by atoms with Crippen LogP contribution in [-0.4, -0.2) is 28.9 Å². The Labute approximate surface area is 88.1 Å². The predicted octanol–water partition coefficient (Wildman–Crippen LogP) is 1.32. The number of benzene rings is 1. The predicted molar refractivity (Wildman–Crippen MR) is 54.7 cm³/mol. The first-order chi connectivity index (χ1) is 7.11. The molecule has 0 aromatic heterocycles. The van der Waals surface area contributed by atoms with Crippen LogP contribution in [0.2, 0.25) is 0 Å². The number of carbonyl (C=O) groups is 1. The Morgan fingerprint density at radius 2 is 2.13 bits per heavy atom. The van der Waals surface area contributed by atoms with Crippen molar-refractivity contribution in [2.24, 2.45) is 0 Å². The topological polar surface area (TPSA) is 66.8 Å². The minimum absolute atomic E-state index is 0.0976. The standard InChI is InChI=1S/C11H14O4/c1-8(12)6-7-15-11(14)9-4-2-3-5-10(9)13/h2-5,8,12-13H,6-7H2,1H3. The highest BCUT2D eigenvalue weighted by Gasteiger charge is 2.11. The van der Waals surface area contributed by atoms with Gasteiger partial charge in [0.15, 0.2) is 0 Å². The van der Waals surface area contributed by atoms with Gasteiger partial charge >= 0.3 is 5.97 Å². The van der Waals surface area contributed by atoms with Crippen LogP contribution in [0.1, 0.15) is 23.7 Å². The Morgan fingerprint density at radius 3 is 2.73 bits per heavy atom. The third-order valence-electron chi connectivity index (χ3n) is 1.89. The molecule has 0 amide bonds. The average Bonchev–Trinajstić information content (AvgIpc) is 2.17. The molecular weight excluding hydrogens is 196 g/mol. The molecule has 1 aromatic rings. The fourth-order valence-corrected chi connectivity index (χ4v) is 1.05. The van der Waals surface area contributed by atoms with Gasteiger partial charge in [-0.1, -0.05) is 12.1 Å². The fourth-order valence-electron chi connectivity index (χ4n) is 1.05. The molecule has 0 fully saturated rings. The molecule has 1 atom stereocenters. The monoisotopic (exact) mass is 210 g/mol. The first-order valence-corrected chi connectivity index (χ1v) is 4.74. The highest BCUT2D eigenvalue weighted by molar-refractivity contribution is 5.92. The lowest BCUT2D eigenvalue weighted by Crippen LogP contribution is -2.11. The number of para-hydroxylation sites is 1. The summed E-state index contributed by atoms with van der Waals surface area (Å²) in [5, 5.41) is 18.3. The molecule has 0 saturated carbocycles. The molecule has 0 aliphatic heterocycles. The van der Waals surface area contributed by atoms with Crippen molar-refractivity contribution in [3.05, 3.63) is 29.8 Å². The lowest BCUT2D eigenvalue weighted by Gasteiger charge is -2.07. The molecule has 0 aliphatic rings. The number of esters is 1. The molecule has 4 heteroatoms. The van der Waals surface area contributed by atoms with Crippen molar-refractivity contribution < 1.29 is 19.7 Å². The fraction of sp³-hybridized carbons (Fsp3) is 0.364. The Balaban J connectivity index is 2.51. The molecule has 0 spiro atoms. The van der Waals surface area contributed by atoms with E-state index in [1.807, 2.05) is 0 Å². The smallest absolute Gasteiger partial charge is 0.341 e. The van der Waals surface area contributed by atoms with Crippen LogP contribution in [0.15, 0.2) is 24.3 Å². The van der Waals surface area contributed by atoms with Gasteiger partial charge in [-0.05, 0) is 19.1 Å². The maximum atomic E-state index is 11.4. The second kappa shape index (κ2) is 5.36. The SMILES string of the molecule is CC(O)CCOC(=O)c1ccccc1O. The third-order valence-corrected chi connectivity index (χ3v) is 1.89. The summed E-state index contributed by atoms with van der Waals surface area (Å²) in [5.41, 5.74) is 0.142. The molecule has 2 N–H and O–H groups in total. The summed E-state index contributed by atoms with van der Waals surface area (Å²) < 4.78 is 4.86. The maximum absolute atomic E-state index is 11.4. The summed E-state index contributed by atoms with van der Waals surface area (Å²) in [6.45, 7) is 1.76. The second-order valence-electron chi connectivity index (χ2n) is 3.29. The van der Waals surface area contributed by atoms with Crippen LogP contribution in [0, 0.1) is 0 Å². The summed E-state index contributed by atoms with van der Waals surface area (Å²) in [4.78, 5) is 11.4. The van der Waals surface area contributed by atoms with Gasteiger partial charge in [-0.25, -0.2) is 4.79 Å². The van der Waals surface area contributed by atoms with Gasteiger partial charge < -0.3 is 14.9 Å². The van der Waals surface area contributed by atoms with Crippen molar-refractivity contribution in [3.8, 4) is 5.75 Å². The molecule has 1 aromatic carbocycles. The number of phenols is 1. The zero-order valence-electron chi connectivity index (χ0n) is 8.51. The van der Waals surface area contributed by atoms with Gasteiger partial charge in [0, 0.05) is 6.42 Å². The van der Waals surface area contributed by atoms with Gasteiger partial charge in [0.2, 0.25) is 0 Å². The summed E-state index contributed by atoms with van der Waals surface area (Å²) >= 11 is 0. The average molecular weight is 210 g/mol. The van der Waals surface area contributed by atoms with E-state index >= 15 is 0 Å². The first-order valence-electron chi connectivity index (χ1n) is 4.74. The van der Waals surface area contributed by atoms with E-state index in [9.17, 15) is 9.90 Å². The van der Waals surface area contributed by atoms with Crippen molar-refractivity contribution in [2.45, 2.75) is 19.4 Å². The number of hydrogen-bond acceptors (Lipinski definition) is 4. The number of hydrogen-bond donors (Lipinski definition) is 2. The van der Waals surface area contributed by atoms with E-state index in [4.69, 9.17) is 9.84 Å². The van der Waals surface area contributed by atoms with Crippen LogP contribution in [0.3, 0.4) is 0 Å². The molecule has 1 rings (SSSR count). The van der Waals surface area contributed by atoms with Crippen molar-refractivity contribution >= 4 is 5.97 Å². The zero-order valence-corrected chi connectivity index (χ0v) is 8.51. The lowest BCUT2D eigenvalue weighted by atomic mass is 10.2. The lowest BCUT2D eigenvalue weighted by molar-refractivity contribution is 0.0441. The van der Waals surface area contributed by atoms with E-state index in [0.717, 1.165) is 0 Å². The number of carbonyl (C=O) groups excluding carboxylic acids is 1. The number of rotatable bonds is 4. The van der Waals surface area contributed by atoms with Gasteiger partial charge in [0.25, 0.3) is 0 Å². The zero-order chi connectivity index (χ0) is 11.3. The van der Waals surface area contributed by atoms with Crippen LogP contribution < -0.4 is 0 Å². The summed E-state index contributed by atoms with van der Waals surface area (Å²) in [7, 11) is 0. The van der Waals surface area contributed by atoms with E-state index in [0.29, 0.717) is 6.42 Å². The molecule has 82 valence electrons. The molecule has 0 saturated heterocycles. The quantitative estimate of drug-likeness (QED) is 0.735. The summed E-state index contributed by atoms with van der Waals surface area (Å²) in [6, 6.07) is 6.18. The third kappa shape index (κ3) is 3.59. The summed E-state index contributed by atoms with van der Waals surface area (Å²) in [5.74, 6) is -0.673. The van der Waals surface area contributed by atoms with E-state index in [1.165, 1.54) is 12.1 Å². The van der Waals surface area contributed by atoms with Crippen molar-refractivity contribution in [3.63, 3.8) is 0 Å². The van der Waals surface area contributed by atoms with Gasteiger partial charge in [0.05, 0.1) is 12.7 Å². The Morgan fingerprint density at radius 1 is 1.47 bits per heavy atom. The molecule has 0 radical (unpaired) electrons. The van der Waals surface area contributed by atoms with Crippen LogP contribution in [-0.2, 0) is 4.74 Å². The van der Waals surface area contributed by atoms with Crippen molar-refractivity contribution in [1.29, 1.82) is 0 Å². The Bertz CT molecular complexity index is 333. The highest BCUT2D eigenvalue weighted by atomic mass is 16.5. The minimum atomic E-state index is -0.575.